The van der Waals surface area contributed by atoms with Gasteiger partial charge in [0.2, 0.25) is 5.91 Å². The van der Waals surface area contributed by atoms with E-state index in [0.717, 1.165) is 16.9 Å². The number of anilines is 1. The van der Waals surface area contributed by atoms with Gasteiger partial charge in [0.15, 0.2) is 6.10 Å². The molecule has 1 atom stereocenters. The van der Waals surface area contributed by atoms with E-state index in [4.69, 9.17) is 4.74 Å². The highest BCUT2D eigenvalue weighted by molar-refractivity contribution is 6.11. The quantitative estimate of drug-likeness (QED) is 0.600. The fourth-order valence-electron chi connectivity index (χ4n) is 3.04. The molecule has 1 aliphatic rings. The molecule has 7 heteroatoms. The molecule has 0 bridgehead atoms. The topological polar surface area (TPSA) is 92.8 Å². The Morgan fingerprint density at radius 2 is 1.79 bits per heavy atom. The lowest BCUT2D eigenvalue weighted by Crippen LogP contribution is -2.46. The first kappa shape index (κ1) is 20.3. The number of carbonyl (C=O) groups is 4. The number of hydrogen-bond donors (Lipinski definition) is 1. The molecule has 3 amide bonds. The first-order valence-electron chi connectivity index (χ1n) is 9.41. The summed E-state index contributed by atoms with van der Waals surface area (Å²) < 4.78 is 5.12. The van der Waals surface area contributed by atoms with Gasteiger partial charge in [0.05, 0.1) is 6.42 Å². The van der Waals surface area contributed by atoms with Gasteiger partial charge in [0.25, 0.3) is 11.8 Å². The second kappa shape index (κ2) is 8.68. The highest BCUT2D eigenvalue weighted by Gasteiger charge is 2.33. The molecule has 0 saturated carbocycles. The Kier molecular flexibility index (Phi) is 6.07. The number of esters is 1. The van der Waals surface area contributed by atoms with Crippen molar-refractivity contribution in [3.8, 4) is 0 Å². The molecular formula is C22H22N2O5. The zero-order valence-corrected chi connectivity index (χ0v) is 16.3. The summed E-state index contributed by atoms with van der Waals surface area (Å²) in [5, 5.41) is 2.67. The second-order valence-corrected chi connectivity index (χ2v) is 6.79. The number of carbonyl (C=O) groups excluding carboxylic acids is 4. The third-order valence-corrected chi connectivity index (χ3v) is 4.73. The third-order valence-electron chi connectivity index (χ3n) is 4.73. The highest BCUT2D eigenvalue weighted by atomic mass is 16.5. The van der Waals surface area contributed by atoms with Crippen molar-refractivity contribution in [2.24, 2.45) is 0 Å². The van der Waals surface area contributed by atoms with Crippen LogP contribution in [0.4, 0.5) is 5.69 Å². The van der Waals surface area contributed by atoms with E-state index in [1.54, 1.807) is 36.4 Å². The van der Waals surface area contributed by atoms with Gasteiger partial charge in [0.1, 0.15) is 6.54 Å². The van der Waals surface area contributed by atoms with E-state index >= 15 is 0 Å². The number of ether oxygens (including phenoxy) is 1. The predicted octanol–water partition coefficient (Wildman–Crippen LogP) is 2.34. The maximum Gasteiger partial charge on any atom is 0.326 e. The summed E-state index contributed by atoms with van der Waals surface area (Å²) in [5.74, 6) is -2.33. The molecule has 2 aromatic carbocycles. The van der Waals surface area contributed by atoms with Gasteiger partial charge < -0.3 is 10.1 Å². The van der Waals surface area contributed by atoms with Crippen LogP contribution < -0.4 is 5.32 Å². The number of fused-ring (bicyclic) bond motifs is 1. The van der Waals surface area contributed by atoms with E-state index in [0.29, 0.717) is 16.8 Å². The Hall–Kier alpha value is -3.48. The van der Waals surface area contributed by atoms with Crippen LogP contribution in [-0.4, -0.2) is 41.2 Å². The van der Waals surface area contributed by atoms with Crippen molar-refractivity contribution < 1.29 is 23.9 Å². The van der Waals surface area contributed by atoms with Crippen molar-refractivity contribution in [1.29, 1.82) is 0 Å². The molecule has 1 N–H and O–H groups in total. The number of rotatable bonds is 6. The normalized spacial score (nSPS) is 14.2. The maximum atomic E-state index is 12.5. The molecule has 1 heterocycles. The van der Waals surface area contributed by atoms with Crippen LogP contribution in [0.15, 0.2) is 48.5 Å². The van der Waals surface area contributed by atoms with E-state index in [2.05, 4.69) is 5.32 Å². The second-order valence-electron chi connectivity index (χ2n) is 6.79. The Balaban J connectivity index is 1.57. The Morgan fingerprint density at radius 3 is 2.48 bits per heavy atom. The van der Waals surface area contributed by atoms with Gasteiger partial charge in [-0.25, -0.2) is 0 Å². The van der Waals surface area contributed by atoms with Crippen molar-refractivity contribution in [2.75, 3.05) is 11.9 Å². The predicted molar refractivity (Wildman–Crippen MR) is 106 cm³/mol. The molecule has 7 nitrogen and oxygen atoms in total. The minimum atomic E-state index is -1.07. The molecule has 0 radical (unpaired) electrons. The number of amides is 3. The SMILES string of the molecule is CCc1ccc(NC(=O)[C@@H](C)OC(=O)CN2C(=O)Cc3ccccc3C2=O)cc1. The van der Waals surface area contributed by atoms with Crippen molar-refractivity contribution in [1.82, 2.24) is 4.90 Å². The summed E-state index contributed by atoms with van der Waals surface area (Å²) in [5.41, 5.74) is 2.75. The fraction of sp³-hybridized carbons (Fsp3) is 0.273. The van der Waals surface area contributed by atoms with Crippen molar-refractivity contribution >= 4 is 29.4 Å². The van der Waals surface area contributed by atoms with Crippen LogP contribution in [-0.2, 0) is 32.0 Å². The zero-order chi connectivity index (χ0) is 21.0. The van der Waals surface area contributed by atoms with Crippen LogP contribution in [0.3, 0.4) is 0 Å². The van der Waals surface area contributed by atoms with Crippen LogP contribution in [0, 0.1) is 0 Å². The zero-order valence-electron chi connectivity index (χ0n) is 16.3. The molecule has 0 unspecified atom stereocenters. The molecular weight excluding hydrogens is 372 g/mol. The van der Waals surface area contributed by atoms with Crippen LogP contribution in [0.25, 0.3) is 0 Å². The standard InChI is InChI=1S/C22H22N2O5/c1-3-15-8-10-17(11-9-15)23-21(27)14(2)29-20(26)13-24-19(25)12-16-6-4-5-7-18(16)22(24)28/h4-11,14H,3,12-13H2,1-2H3,(H,23,27)/t14-/m1/s1. The molecule has 2 aromatic rings. The lowest BCUT2D eigenvalue weighted by Gasteiger charge is -2.26. The molecule has 0 saturated heterocycles. The molecule has 0 aliphatic carbocycles. The number of aryl methyl sites for hydroxylation is 1. The lowest BCUT2D eigenvalue weighted by molar-refractivity contribution is -0.155. The number of benzene rings is 2. The minimum absolute atomic E-state index is 0.0407. The van der Waals surface area contributed by atoms with Crippen molar-refractivity contribution in [2.45, 2.75) is 32.8 Å². The number of nitrogens with zero attached hydrogens (tertiary/aromatic N) is 1. The van der Waals surface area contributed by atoms with Crippen LogP contribution in [0.2, 0.25) is 0 Å². The van der Waals surface area contributed by atoms with Gasteiger partial charge >= 0.3 is 5.97 Å². The van der Waals surface area contributed by atoms with Crippen LogP contribution >= 0.6 is 0 Å². The van der Waals surface area contributed by atoms with Gasteiger partial charge in [-0.1, -0.05) is 37.3 Å². The summed E-state index contributed by atoms with van der Waals surface area (Å²) in [7, 11) is 0. The lowest BCUT2D eigenvalue weighted by atomic mass is 9.98. The average Bonchev–Trinajstić information content (AvgIpc) is 2.71. The van der Waals surface area contributed by atoms with Gasteiger partial charge in [-0.2, -0.15) is 0 Å². The molecule has 0 spiro atoms. The molecule has 1 aliphatic heterocycles. The Labute approximate surface area is 168 Å². The minimum Gasteiger partial charge on any atom is -0.451 e. The van der Waals surface area contributed by atoms with E-state index in [-0.39, 0.29) is 6.42 Å². The summed E-state index contributed by atoms with van der Waals surface area (Å²) in [6, 6.07) is 14.1. The first-order valence-corrected chi connectivity index (χ1v) is 9.41. The Morgan fingerprint density at radius 1 is 1.10 bits per heavy atom. The monoisotopic (exact) mass is 394 g/mol. The Bertz CT molecular complexity index is 952. The van der Waals surface area contributed by atoms with Crippen LogP contribution in [0.5, 0.6) is 0 Å². The fourth-order valence-corrected chi connectivity index (χ4v) is 3.04. The molecule has 0 fully saturated rings. The van der Waals surface area contributed by atoms with Gasteiger partial charge in [-0.15, -0.1) is 0 Å². The number of nitrogens with one attached hydrogen (secondary N) is 1. The largest absolute Gasteiger partial charge is 0.451 e. The maximum absolute atomic E-state index is 12.5. The molecule has 29 heavy (non-hydrogen) atoms. The molecule has 3 rings (SSSR count). The van der Waals surface area contributed by atoms with Crippen LogP contribution in [0.1, 0.15) is 35.3 Å². The summed E-state index contributed by atoms with van der Waals surface area (Å²) in [4.78, 5) is 50.1. The van der Waals surface area contributed by atoms with E-state index in [1.807, 2.05) is 19.1 Å². The highest BCUT2D eigenvalue weighted by Crippen LogP contribution is 2.19. The summed E-state index contributed by atoms with van der Waals surface area (Å²) in [6.45, 7) is 2.93. The summed E-state index contributed by atoms with van der Waals surface area (Å²) >= 11 is 0. The van der Waals surface area contributed by atoms with Gasteiger partial charge in [-0.05, 0) is 42.7 Å². The van der Waals surface area contributed by atoms with Gasteiger partial charge in [-0.3, -0.25) is 24.1 Å². The van der Waals surface area contributed by atoms with Crippen molar-refractivity contribution in [3.63, 3.8) is 0 Å². The van der Waals surface area contributed by atoms with Crippen molar-refractivity contribution in [3.05, 3.63) is 65.2 Å². The molecule has 0 aromatic heterocycles. The first-order chi connectivity index (χ1) is 13.9. The number of hydrogen-bond acceptors (Lipinski definition) is 5. The summed E-state index contributed by atoms with van der Waals surface area (Å²) in [6.07, 6.45) is -0.143. The molecule has 150 valence electrons. The average molecular weight is 394 g/mol. The third kappa shape index (κ3) is 4.68. The van der Waals surface area contributed by atoms with E-state index in [1.165, 1.54) is 6.92 Å². The van der Waals surface area contributed by atoms with E-state index < -0.39 is 36.3 Å². The number of imide groups is 1. The van der Waals surface area contributed by atoms with Gasteiger partial charge in [0, 0.05) is 11.3 Å². The van der Waals surface area contributed by atoms with E-state index in [9.17, 15) is 19.2 Å². The smallest absolute Gasteiger partial charge is 0.326 e.